The van der Waals surface area contributed by atoms with E-state index < -0.39 is 0 Å². The van der Waals surface area contributed by atoms with Crippen LogP contribution in [-0.2, 0) is 0 Å². The van der Waals surface area contributed by atoms with Crippen molar-refractivity contribution in [2.45, 2.75) is 47.0 Å². The number of nitrogens with zero attached hydrogens (tertiary/aromatic N) is 2. The topological polar surface area (TPSA) is 15.6 Å². The van der Waals surface area contributed by atoms with Crippen molar-refractivity contribution in [3.63, 3.8) is 0 Å². The molecule has 1 aliphatic heterocycles. The predicted octanol–water partition coefficient (Wildman–Crippen LogP) is 8.23. The molecule has 1 saturated heterocycles. The number of rotatable bonds is 7. The zero-order valence-electron chi connectivity index (χ0n) is 20.6. The van der Waals surface area contributed by atoms with E-state index in [-0.39, 0.29) is 11.6 Å². The van der Waals surface area contributed by atoms with E-state index in [1.807, 2.05) is 49.6 Å². The molecule has 0 saturated carbocycles. The van der Waals surface area contributed by atoms with Gasteiger partial charge in [-0.25, -0.2) is 8.78 Å². The molecule has 5 heteroatoms. The second-order valence-electron chi connectivity index (χ2n) is 8.67. The zero-order chi connectivity index (χ0) is 24.5. The van der Waals surface area contributed by atoms with Gasteiger partial charge in [-0.05, 0) is 93.3 Å². The molecule has 1 aliphatic rings. The van der Waals surface area contributed by atoms with Crippen molar-refractivity contribution in [1.29, 1.82) is 0 Å². The highest BCUT2D eigenvalue weighted by molar-refractivity contribution is 8.16. The van der Waals surface area contributed by atoms with E-state index in [0.717, 1.165) is 66.3 Å². The highest BCUT2D eigenvalue weighted by Gasteiger charge is 2.19. The summed E-state index contributed by atoms with van der Waals surface area (Å²) in [7, 11) is 0. The third kappa shape index (κ3) is 7.51. The second-order valence-corrected chi connectivity index (χ2v) is 9.77. The first-order valence-electron chi connectivity index (χ1n) is 11.8. The number of thioether (sulfide) groups is 1. The van der Waals surface area contributed by atoms with Gasteiger partial charge in [0.25, 0.3) is 0 Å². The third-order valence-corrected chi connectivity index (χ3v) is 7.04. The van der Waals surface area contributed by atoms with E-state index in [1.54, 1.807) is 11.8 Å². The molecule has 0 spiro atoms. The molecule has 0 N–H and O–H groups in total. The van der Waals surface area contributed by atoms with Crippen molar-refractivity contribution >= 4 is 22.4 Å². The normalized spacial score (nSPS) is 16.2. The lowest BCUT2D eigenvalue weighted by Crippen LogP contribution is -2.32. The van der Waals surface area contributed by atoms with Crippen LogP contribution in [0.25, 0.3) is 5.57 Å². The minimum Gasteiger partial charge on any atom is -0.302 e. The smallest absolute Gasteiger partial charge is 0.123 e. The van der Waals surface area contributed by atoms with Gasteiger partial charge in [0.1, 0.15) is 11.6 Å². The largest absolute Gasteiger partial charge is 0.302 e. The van der Waals surface area contributed by atoms with Gasteiger partial charge < -0.3 is 4.90 Å². The van der Waals surface area contributed by atoms with Gasteiger partial charge in [0.05, 0.1) is 5.04 Å². The van der Waals surface area contributed by atoms with Gasteiger partial charge in [0, 0.05) is 25.3 Å². The van der Waals surface area contributed by atoms with Crippen LogP contribution in [-0.4, -0.2) is 29.6 Å². The predicted molar refractivity (Wildman–Crippen MR) is 143 cm³/mol. The number of hydrogen-bond donors (Lipinski definition) is 0. The van der Waals surface area contributed by atoms with Crippen molar-refractivity contribution in [3.05, 3.63) is 99.6 Å². The van der Waals surface area contributed by atoms with Crippen LogP contribution in [0, 0.1) is 11.6 Å². The number of likely N-dealkylation sites (tertiary alicyclic amines) is 1. The molecule has 3 rings (SSSR count). The van der Waals surface area contributed by atoms with Crippen molar-refractivity contribution in [3.8, 4) is 0 Å². The number of allylic oxidation sites excluding steroid dienone is 2. The molecule has 0 aliphatic carbocycles. The van der Waals surface area contributed by atoms with E-state index in [4.69, 9.17) is 4.99 Å². The van der Waals surface area contributed by atoms with Crippen LogP contribution in [0.5, 0.6) is 0 Å². The summed E-state index contributed by atoms with van der Waals surface area (Å²) < 4.78 is 27.1. The average molecular weight is 481 g/mol. The van der Waals surface area contributed by atoms with Gasteiger partial charge in [-0.2, -0.15) is 0 Å². The molecule has 0 bridgehead atoms. The Hall–Kier alpha value is -2.50. The lowest BCUT2D eigenvalue weighted by atomic mass is 9.88. The lowest BCUT2D eigenvalue weighted by molar-refractivity contribution is 0.259. The average Bonchev–Trinajstić information content (AvgIpc) is 2.84. The first-order valence-corrected chi connectivity index (χ1v) is 12.7. The molecular weight excluding hydrogens is 446 g/mol. The Kier molecular flexibility index (Phi) is 9.85. The molecule has 0 radical (unpaired) electrons. The van der Waals surface area contributed by atoms with Crippen molar-refractivity contribution in [2.24, 2.45) is 4.99 Å². The molecule has 0 aromatic heterocycles. The first kappa shape index (κ1) is 26.1. The number of piperidine rings is 1. The summed E-state index contributed by atoms with van der Waals surface area (Å²) in [4.78, 5) is 7.22. The summed E-state index contributed by atoms with van der Waals surface area (Å²) in [6.45, 7) is 11.3. The molecule has 2 aromatic rings. The fourth-order valence-electron chi connectivity index (χ4n) is 4.14. The summed E-state index contributed by atoms with van der Waals surface area (Å²) in [5, 5.41) is 3.10. The van der Waals surface area contributed by atoms with Crippen LogP contribution in [0.15, 0.2) is 81.9 Å². The molecule has 2 nitrogen and oxygen atoms in total. The van der Waals surface area contributed by atoms with Crippen molar-refractivity contribution < 1.29 is 8.78 Å². The van der Waals surface area contributed by atoms with Gasteiger partial charge in [-0.1, -0.05) is 53.2 Å². The molecule has 1 fully saturated rings. The van der Waals surface area contributed by atoms with E-state index in [9.17, 15) is 8.78 Å². The highest BCUT2D eigenvalue weighted by Crippen LogP contribution is 2.33. The standard InChI is InChI=1S/C29H34F2N2S/c1-5-20-34-23(4)32-22(3)21(2)14-17-33-18-15-26(16-19-33)29(24-6-10-27(30)11-7-24)25-8-12-28(31)13-9-25/h5-13,20H,14-19H2,1-4H3/b20-5-,22-21+,32-23?. The Morgan fingerprint density at radius 2 is 1.44 bits per heavy atom. The van der Waals surface area contributed by atoms with Gasteiger partial charge >= 0.3 is 0 Å². The van der Waals surface area contributed by atoms with Crippen LogP contribution < -0.4 is 0 Å². The summed E-state index contributed by atoms with van der Waals surface area (Å²) in [6.07, 6.45) is 4.91. The Morgan fingerprint density at radius 3 is 1.94 bits per heavy atom. The Bertz CT molecular complexity index is 1020. The Balaban J connectivity index is 1.70. The summed E-state index contributed by atoms with van der Waals surface area (Å²) in [6, 6.07) is 13.3. The van der Waals surface area contributed by atoms with Gasteiger partial charge in [-0.3, -0.25) is 4.99 Å². The van der Waals surface area contributed by atoms with Gasteiger partial charge in [0.15, 0.2) is 0 Å². The Labute approximate surface area is 207 Å². The van der Waals surface area contributed by atoms with Crippen LogP contribution in [0.1, 0.15) is 58.1 Å². The third-order valence-electron chi connectivity index (χ3n) is 6.20. The molecule has 0 amide bonds. The number of aliphatic imine (C=N–C) groups is 1. The Morgan fingerprint density at radius 1 is 0.912 bits per heavy atom. The summed E-state index contributed by atoms with van der Waals surface area (Å²) in [5.41, 5.74) is 6.83. The van der Waals surface area contributed by atoms with Crippen LogP contribution in [0.3, 0.4) is 0 Å². The molecule has 1 heterocycles. The number of halogens is 2. The quantitative estimate of drug-likeness (QED) is 0.293. The maximum atomic E-state index is 13.5. The minimum absolute atomic E-state index is 0.249. The van der Waals surface area contributed by atoms with Crippen molar-refractivity contribution in [2.75, 3.05) is 19.6 Å². The van der Waals surface area contributed by atoms with E-state index in [1.165, 1.54) is 35.4 Å². The van der Waals surface area contributed by atoms with Crippen LogP contribution in [0.4, 0.5) is 8.78 Å². The van der Waals surface area contributed by atoms with Gasteiger partial charge in [-0.15, -0.1) is 0 Å². The first-order chi connectivity index (χ1) is 16.4. The van der Waals surface area contributed by atoms with Crippen LogP contribution >= 0.6 is 11.8 Å². The fraction of sp³-hybridized carbons (Fsp3) is 0.345. The molecule has 2 aromatic carbocycles. The molecule has 180 valence electrons. The minimum atomic E-state index is -0.249. The number of hydrogen-bond acceptors (Lipinski definition) is 3. The number of benzene rings is 2. The molecular formula is C29H34F2N2S. The molecule has 34 heavy (non-hydrogen) atoms. The highest BCUT2D eigenvalue weighted by atomic mass is 32.2. The lowest BCUT2D eigenvalue weighted by Gasteiger charge is -2.30. The van der Waals surface area contributed by atoms with E-state index in [2.05, 4.69) is 18.7 Å². The van der Waals surface area contributed by atoms with E-state index in [0.29, 0.717) is 0 Å². The van der Waals surface area contributed by atoms with Crippen molar-refractivity contribution in [1.82, 2.24) is 4.90 Å². The molecule has 0 atom stereocenters. The molecule has 0 unspecified atom stereocenters. The SMILES string of the molecule is C/C=C\SC(C)=N/C(C)=C(\C)CCN1CCC(=C(c2ccc(F)cc2)c2ccc(F)cc2)CC1. The zero-order valence-corrected chi connectivity index (χ0v) is 21.4. The maximum absolute atomic E-state index is 13.5. The van der Waals surface area contributed by atoms with E-state index >= 15 is 0 Å². The van der Waals surface area contributed by atoms with Crippen LogP contribution in [0.2, 0.25) is 0 Å². The second kappa shape index (κ2) is 12.8. The fourth-order valence-corrected chi connectivity index (χ4v) is 4.66. The maximum Gasteiger partial charge on any atom is 0.123 e. The summed E-state index contributed by atoms with van der Waals surface area (Å²) in [5.74, 6) is -0.499. The monoisotopic (exact) mass is 480 g/mol. The summed E-state index contributed by atoms with van der Waals surface area (Å²) >= 11 is 1.65. The van der Waals surface area contributed by atoms with Gasteiger partial charge in [0.2, 0.25) is 0 Å².